The van der Waals surface area contributed by atoms with Gasteiger partial charge >= 0.3 is 6.36 Å². The molecule has 0 radical (unpaired) electrons. The van der Waals surface area contributed by atoms with Gasteiger partial charge in [-0.3, -0.25) is 9.59 Å². The van der Waals surface area contributed by atoms with Crippen molar-refractivity contribution in [2.24, 2.45) is 11.8 Å². The Kier molecular flexibility index (Phi) is 13.4. The van der Waals surface area contributed by atoms with Gasteiger partial charge < -0.3 is 15.2 Å². The van der Waals surface area contributed by atoms with Gasteiger partial charge in [0.1, 0.15) is 17.8 Å². The maximum absolute atomic E-state index is 12.4. The Balaban J connectivity index is 0.000000425. The Hall–Kier alpha value is -3.66. The number of ether oxygens (including phenoxy) is 1. The highest BCUT2D eigenvalue weighted by Gasteiger charge is 2.41. The molecule has 1 aliphatic carbocycles. The number of benzene rings is 1. The van der Waals surface area contributed by atoms with Crippen molar-refractivity contribution >= 4 is 17.4 Å². The smallest absolute Gasteiger partial charge is 0.406 e. The fourth-order valence-electron chi connectivity index (χ4n) is 3.86. The third-order valence-corrected chi connectivity index (χ3v) is 5.47. The zero-order valence-electron chi connectivity index (χ0n) is 23.4. The number of amides is 1. The summed E-state index contributed by atoms with van der Waals surface area (Å²) >= 11 is 0. The lowest BCUT2D eigenvalue weighted by molar-refractivity contribution is -0.274. The first-order chi connectivity index (χ1) is 18.5. The van der Waals surface area contributed by atoms with Gasteiger partial charge in [-0.05, 0) is 44.5 Å². The van der Waals surface area contributed by atoms with E-state index in [-0.39, 0.29) is 17.4 Å². The number of nitrogens with zero attached hydrogens (tertiary/aromatic N) is 2. The van der Waals surface area contributed by atoms with Crippen molar-refractivity contribution in [2.45, 2.75) is 67.5 Å². The van der Waals surface area contributed by atoms with Gasteiger partial charge in [-0.25, -0.2) is 4.68 Å². The van der Waals surface area contributed by atoms with Crippen LogP contribution in [0.2, 0.25) is 0 Å². The summed E-state index contributed by atoms with van der Waals surface area (Å²) in [5.41, 5.74) is 2.95. The summed E-state index contributed by atoms with van der Waals surface area (Å²) < 4.78 is 43.0. The molecule has 1 saturated heterocycles. The van der Waals surface area contributed by atoms with Gasteiger partial charge in [0.05, 0.1) is 23.0 Å². The number of halogens is 3. The molecule has 0 bridgehead atoms. The number of carbonyl (C=O) groups excluding carboxylic acids is 2. The lowest BCUT2D eigenvalue weighted by Gasteiger charge is -2.11. The van der Waals surface area contributed by atoms with Crippen LogP contribution < -0.4 is 10.1 Å². The third-order valence-electron chi connectivity index (χ3n) is 5.47. The van der Waals surface area contributed by atoms with Gasteiger partial charge in [0.15, 0.2) is 0 Å². The van der Waals surface area contributed by atoms with Crippen molar-refractivity contribution in [3.05, 3.63) is 66.4 Å². The first kappa shape index (κ1) is 33.4. The molecule has 1 amide bonds. The molecule has 3 atom stereocenters. The second-order valence-electron chi connectivity index (χ2n) is 8.19. The van der Waals surface area contributed by atoms with E-state index in [9.17, 15) is 22.8 Å². The topological polar surface area (TPSA) is 93.5 Å². The Labute approximate surface area is 228 Å². The lowest BCUT2D eigenvalue weighted by atomic mass is 9.93. The SMILES string of the molecule is CC.CC.CC(=O)C1C(O)NC(=O)C1C.Cc1cc(-c2cccc(OC(F)(F)F)c2)n(C2=CCC=CC=C2)n1. The monoisotopic (exact) mass is 549 g/mol. The second-order valence-corrected chi connectivity index (χ2v) is 8.19. The summed E-state index contributed by atoms with van der Waals surface area (Å²) in [6.45, 7) is 12.9. The molecule has 1 fully saturated rings. The first-order valence-electron chi connectivity index (χ1n) is 12.9. The molecule has 1 aliphatic heterocycles. The van der Waals surface area contributed by atoms with Crippen molar-refractivity contribution in [3.63, 3.8) is 0 Å². The summed E-state index contributed by atoms with van der Waals surface area (Å²) in [7, 11) is 0. The van der Waals surface area contributed by atoms with E-state index in [1.807, 2.05) is 71.1 Å². The average molecular weight is 550 g/mol. The van der Waals surface area contributed by atoms with E-state index in [1.54, 1.807) is 17.7 Å². The minimum atomic E-state index is -4.72. The number of aliphatic hydroxyl groups is 1. The Bertz CT molecular complexity index is 1180. The molecule has 3 unspecified atom stereocenters. The van der Waals surface area contributed by atoms with Crippen LogP contribution >= 0.6 is 0 Å². The second kappa shape index (κ2) is 15.7. The van der Waals surface area contributed by atoms with E-state index in [0.717, 1.165) is 17.8 Å². The average Bonchev–Trinajstić information content (AvgIpc) is 3.25. The van der Waals surface area contributed by atoms with Crippen molar-refractivity contribution in [1.82, 2.24) is 15.1 Å². The zero-order valence-corrected chi connectivity index (χ0v) is 23.4. The molecule has 1 aromatic carbocycles. The molecule has 2 N–H and O–H groups in total. The summed E-state index contributed by atoms with van der Waals surface area (Å²) in [5.74, 6) is -1.62. The Morgan fingerprint density at radius 2 is 1.82 bits per heavy atom. The standard InChI is InChI=1S/C18H15F3N2O.C7H11NO3.2C2H6/c1-13-11-17(23(22-13)15-8-4-2-3-5-9-15)14-7-6-10-16(12-14)24-18(19,20)21;1-3-5(4(2)9)7(11)8-6(3)10;2*1-2/h2-4,6-12H,5H2,1H3;3,5,7,11H,1-2H3,(H,8,10);2*1-2H3. The van der Waals surface area contributed by atoms with Gasteiger partial charge in [0.25, 0.3) is 0 Å². The first-order valence-corrected chi connectivity index (χ1v) is 12.9. The van der Waals surface area contributed by atoms with Crippen LogP contribution in [0.1, 0.15) is 53.7 Å². The van der Waals surface area contributed by atoms with Crippen molar-refractivity contribution in [2.75, 3.05) is 0 Å². The van der Waals surface area contributed by atoms with Crippen LogP contribution in [0.25, 0.3) is 17.0 Å². The van der Waals surface area contributed by atoms with Crippen LogP contribution in [-0.4, -0.2) is 39.2 Å². The van der Waals surface area contributed by atoms with Crippen LogP contribution in [0.5, 0.6) is 5.75 Å². The highest BCUT2D eigenvalue weighted by Crippen LogP contribution is 2.30. The number of hydrogen-bond acceptors (Lipinski definition) is 5. The number of ketones is 1. The van der Waals surface area contributed by atoms with Gasteiger partial charge in [-0.1, -0.05) is 71.1 Å². The third kappa shape index (κ3) is 9.86. The molecule has 4 rings (SSSR count). The number of alkyl halides is 3. The zero-order chi connectivity index (χ0) is 29.8. The van der Waals surface area contributed by atoms with Gasteiger partial charge in [0.2, 0.25) is 5.91 Å². The van der Waals surface area contributed by atoms with Crippen LogP contribution in [-0.2, 0) is 9.59 Å². The van der Waals surface area contributed by atoms with E-state index in [2.05, 4.69) is 15.2 Å². The Morgan fingerprint density at radius 3 is 2.36 bits per heavy atom. The number of nitrogens with one attached hydrogen (secondary N) is 1. The normalized spacial score (nSPS) is 19.6. The van der Waals surface area contributed by atoms with Crippen LogP contribution in [0.15, 0.2) is 60.7 Å². The van der Waals surface area contributed by atoms with Gasteiger partial charge in [-0.2, -0.15) is 5.10 Å². The van der Waals surface area contributed by atoms with Crippen molar-refractivity contribution in [3.8, 4) is 17.0 Å². The molecule has 214 valence electrons. The number of aryl methyl sites for hydroxylation is 1. The number of aliphatic hydroxyl groups excluding tert-OH is 1. The van der Waals surface area contributed by atoms with E-state index >= 15 is 0 Å². The molecule has 0 spiro atoms. The van der Waals surface area contributed by atoms with Crippen molar-refractivity contribution in [1.29, 1.82) is 0 Å². The number of allylic oxidation sites excluding steroid dienone is 6. The van der Waals surface area contributed by atoms with Crippen LogP contribution in [0.4, 0.5) is 13.2 Å². The van der Waals surface area contributed by atoms with E-state index < -0.39 is 24.4 Å². The quantitative estimate of drug-likeness (QED) is 0.458. The molecule has 2 heterocycles. The minimum absolute atomic E-state index is 0.150. The number of aromatic nitrogens is 2. The molecule has 7 nitrogen and oxygen atoms in total. The highest BCUT2D eigenvalue weighted by atomic mass is 19.4. The predicted molar refractivity (Wildman–Crippen MR) is 146 cm³/mol. The largest absolute Gasteiger partial charge is 0.573 e. The number of rotatable bonds is 4. The van der Waals surface area contributed by atoms with E-state index in [4.69, 9.17) is 5.11 Å². The summed E-state index contributed by atoms with van der Waals surface area (Å²) in [5, 5.41) is 15.9. The summed E-state index contributed by atoms with van der Waals surface area (Å²) in [6, 6.07) is 7.73. The van der Waals surface area contributed by atoms with Gasteiger partial charge in [-0.15, -0.1) is 13.2 Å². The van der Waals surface area contributed by atoms with Gasteiger partial charge in [0, 0.05) is 11.5 Å². The molecule has 2 aromatic rings. The summed E-state index contributed by atoms with van der Waals surface area (Å²) in [4.78, 5) is 21.7. The number of Topliss-reactive ketones (excluding diaryl/α,β-unsaturated/α-hetero) is 1. The van der Waals surface area contributed by atoms with Crippen molar-refractivity contribution < 1.29 is 32.6 Å². The molecular formula is C29H38F3N3O4. The van der Waals surface area contributed by atoms with E-state index in [1.165, 1.54) is 25.1 Å². The fourth-order valence-corrected chi connectivity index (χ4v) is 3.86. The maximum atomic E-state index is 12.4. The minimum Gasteiger partial charge on any atom is -0.406 e. The molecule has 0 saturated carbocycles. The van der Waals surface area contributed by atoms with Crippen LogP contribution in [0, 0.1) is 18.8 Å². The highest BCUT2D eigenvalue weighted by molar-refractivity contribution is 5.91. The number of carbonyl (C=O) groups is 2. The molecule has 2 aliphatic rings. The van der Waals surface area contributed by atoms with E-state index in [0.29, 0.717) is 11.3 Å². The predicted octanol–water partition coefficient (Wildman–Crippen LogP) is 6.44. The Morgan fingerprint density at radius 1 is 1.15 bits per heavy atom. The molecule has 39 heavy (non-hydrogen) atoms. The molecule has 10 heteroatoms. The number of hydrogen-bond donors (Lipinski definition) is 2. The fraction of sp³-hybridized carbons (Fsp3) is 0.414. The molecule has 1 aromatic heterocycles. The summed E-state index contributed by atoms with van der Waals surface area (Å²) in [6.07, 6.45) is 4.83. The van der Waals surface area contributed by atoms with Crippen LogP contribution in [0.3, 0.4) is 0 Å². The molecular weight excluding hydrogens is 511 g/mol. The maximum Gasteiger partial charge on any atom is 0.573 e. The lowest BCUT2D eigenvalue weighted by Crippen LogP contribution is -2.31.